The van der Waals surface area contributed by atoms with Gasteiger partial charge in [0, 0.05) is 110 Å². The molecule has 6 nitrogen and oxygen atoms in total. The smallest absolute Gasteiger partial charge is 0.256 e. The molecule has 0 fully saturated rings. The molecular formula is C90H57B2N5OS2. The lowest BCUT2D eigenvalue weighted by Gasteiger charge is -2.46. The summed E-state index contributed by atoms with van der Waals surface area (Å²) >= 11 is 3.71. The van der Waals surface area contributed by atoms with Crippen molar-refractivity contribution in [3.05, 3.63) is 346 Å². The van der Waals surface area contributed by atoms with Crippen LogP contribution in [-0.4, -0.2) is 13.4 Å². The third-order valence-corrected chi connectivity index (χ3v) is 23.1. The maximum absolute atomic E-state index is 7.98. The molecule has 0 bridgehead atoms. The van der Waals surface area contributed by atoms with Crippen molar-refractivity contribution in [2.24, 2.45) is 0 Å². The highest BCUT2D eigenvalue weighted by molar-refractivity contribution is 7.26. The van der Waals surface area contributed by atoms with Crippen molar-refractivity contribution in [2.75, 3.05) is 24.5 Å². The second-order valence-corrected chi connectivity index (χ2v) is 28.3. The third kappa shape index (κ3) is 8.64. The first-order chi connectivity index (χ1) is 49.6. The molecule has 0 N–H and O–H groups in total. The van der Waals surface area contributed by atoms with Crippen molar-refractivity contribution in [2.45, 2.75) is 0 Å². The Morgan fingerprint density at radius 2 is 0.760 bits per heavy atom. The van der Waals surface area contributed by atoms with Gasteiger partial charge in [0.15, 0.2) is 0 Å². The van der Waals surface area contributed by atoms with Gasteiger partial charge in [-0.1, -0.05) is 218 Å². The van der Waals surface area contributed by atoms with Gasteiger partial charge in [0.25, 0.3) is 13.4 Å². The Bertz CT molecular complexity index is 6150. The van der Waals surface area contributed by atoms with Crippen LogP contribution >= 0.6 is 22.7 Å². The molecular weight excluding hydrogens is 1250 g/mol. The first kappa shape index (κ1) is 56.8. The lowest BCUT2D eigenvalue weighted by atomic mass is 9.30. The highest BCUT2D eigenvalue weighted by Crippen LogP contribution is 2.54. The van der Waals surface area contributed by atoms with Crippen LogP contribution in [0.15, 0.2) is 346 Å². The van der Waals surface area contributed by atoms with Crippen LogP contribution in [0.4, 0.5) is 85.3 Å². The summed E-state index contributed by atoms with van der Waals surface area (Å²) in [5.41, 5.74) is 25.6. The Labute approximate surface area is 588 Å². The van der Waals surface area contributed by atoms with Gasteiger partial charge in [-0.15, -0.1) is 22.7 Å². The number of rotatable bonds is 10. The fourth-order valence-corrected chi connectivity index (χ4v) is 19.1. The van der Waals surface area contributed by atoms with Gasteiger partial charge in [-0.05, 0) is 154 Å². The molecule has 0 saturated carbocycles. The fraction of sp³-hybridized carbons (Fsp3) is 0. The van der Waals surface area contributed by atoms with E-state index in [0.29, 0.717) is 0 Å². The largest absolute Gasteiger partial charge is 0.458 e. The second kappa shape index (κ2) is 22.6. The van der Waals surface area contributed by atoms with Crippen LogP contribution in [0.1, 0.15) is 0 Å². The van der Waals surface area contributed by atoms with E-state index in [1.165, 1.54) is 62.2 Å². The second-order valence-electron chi connectivity index (χ2n) is 26.2. The lowest BCUT2D eigenvalue weighted by Crippen LogP contribution is -2.64. The normalized spacial score (nSPS) is 13.0. The van der Waals surface area contributed by atoms with Crippen molar-refractivity contribution in [1.82, 2.24) is 0 Å². The Morgan fingerprint density at radius 1 is 0.280 bits per heavy atom. The number of hydrogen-bond acceptors (Lipinski definition) is 8. The fourth-order valence-electron chi connectivity index (χ4n) is 16.7. The quantitative estimate of drug-likeness (QED) is 0.127. The number of para-hydroxylation sites is 7. The zero-order chi connectivity index (χ0) is 65.5. The van der Waals surface area contributed by atoms with E-state index >= 15 is 0 Å². The molecule has 0 radical (unpaired) electrons. The summed E-state index contributed by atoms with van der Waals surface area (Å²) in [7, 11) is 0. The van der Waals surface area contributed by atoms with Gasteiger partial charge < -0.3 is 29.2 Å². The van der Waals surface area contributed by atoms with Gasteiger partial charge in [0.2, 0.25) is 0 Å². The average molecular weight is 1310 g/mol. The van der Waals surface area contributed by atoms with Crippen LogP contribution in [0.25, 0.3) is 51.5 Å². The summed E-state index contributed by atoms with van der Waals surface area (Å²) in [6.07, 6.45) is 0. The van der Waals surface area contributed by atoms with Crippen molar-refractivity contribution in [3.8, 4) is 22.6 Å². The summed E-state index contributed by atoms with van der Waals surface area (Å²) in [5.74, 6) is 1.63. The Morgan fingerprint density at radius 3 is 1.43 bits per heavy atom. The maximum atomic E-state index is 7.98. The molecule has 0 amide bonds. The van der Waals surface area contributed by atoms with Gasteiger partial charge in [-0.3, -0.25) is 0 Å². The molecule has 21 rings (SSSR count). The van der Waals surface area contributed by atoms with E-state index in [-0.39, 0.29) is 13.4 Å². The van der Waals surface area contributed by atoms with E-state index in [1.54, 1.807) is 0 Å². The molecule has 2 aromatic heterocycles. The van der Waals surface area contributed by atoms with Crippen molar-refractivity contribution in [1.29, 1.82) is 0 Å². The number of anilines is 15. The van der Waals surface area contributed by atoms with E-state index in [1.807, 2.05) is 22.7 Å². The molecule has 0 saturated heterocycles. The van der Waals surface area contributed by atoms with E-state index in [4.69, 9.17) is 4.74 Å². The van der Waals surface area contributed by atoms with Crippen LogP contribution in [-0.2, 0) is 0 Å². The first-order valence-corrected chi connectivity index (χ1v) is 35.8. The van der Waals surface area contributed by atoms with Gasteiger partial charge >= 0.3 is 0 Å². The van der Waals surface area contributed by atoms with Gasteiger partial charge in [0.1, 0.15) is 11.5 Å². The zero-order valence-electron chi connectivity index (χ0n) is 54.0. The molecule has 0 aliphatic carbocycles. The average Bonchev–Trinajstić information content (AvgIpc) is 0.933. The SMILES string of the molecule is c1ccc(-c2ccccc2N2c3cc4c(cc3B3c5ccccc5N(c5ccccc5)c5cc(N(c6ccccc6)c6cccc7c6sc6ccccc67)cc2c53)B2c3ccccc3N(c3ccccc3)c3cc(N(c5ccccc5)c5cccc6sc7ccccc7c56)cc(c32)O4)cc1. The van der Waals surface area contributed by atoms with Gasteiger partial charge in [0.05, 0.1) is 33.1 Å². The highest BCUT2D eigenvalue weighted by atomic mass is 32.1. The molecule has 17 aromatic rings. The maximum Gasteiger partial charge on any atom is 0.256 e. The molecule has 0 spiro atoms. The number of nitrogens with zero attached hydrogens (tertiary/aromatic N) is 5. The van der Waals surface area contributed by atoms with Crippen molar-refractivity contribution < 1.29 is 4.74 Å². The molecule has 100 heavy (non-hydrogen) atoms. The van der Waals surface area contributed by atoms with E-state index in [9.17, 15) is 0 Å². The minimum Gasteiger partial charge on any atom is -0.458 e. The highest BCUT2D eigenvalue weighted by Gasteiger charge is 2.48. The number of benzene rings is 15. The predicted molar refractivity (Wildman–Crippen MR) is 427 cm³/mol. The summed E-state index contributed by atoms with van der Waals surface area (Å²) < 4.78 is 13.0. The molecule has 6 heterocycles. The minimum atomic E-state index is -0.220. The van der Waals surface area contributed by atoms with Crippen LogP contribution in [0.3, 0.4) is 0 Å². The Hall–Kier alpha value is -12.3. The minimum absolute atomic E-state index is 0.218. The predicted octanol–water partition coefficient (Wildman–Crippen LogP) is 21.5. The summed E-state index contributed by atoms with van der Waals surface area (Å²) in [4.78, 5) is 12.6. The molecule has 15 aromatic carbocycles. The molecule has 0 atom stereocenters. The first-order valence-electron chi connectivity index (χ1n) is 34.2. The van der Waals surface area contributed by atoms with Crippen LogP contribution in [0, 0.1) is 0 Å². The lowest BCUT2D eigenvalue weighted by molar-refractivity contribution is 0.488. The standard InChI is InChI=1S/C90H57B2N5OS2/c1-6-28-58(29-7-1)65-38-16-21-44-73(65)97-78-57-82-72(92-70-43-20-23-46-75(70)96(62-36-14-5-15-37-62)81-54-64(55-83(98-82)89(81)92)93(59-30-8-2-9-31-59)76-47-27-51-86-87(76)68-40-18-25-50-85(68)99-86)56-71(78)91-69-42-19-22-45-74(69)95(61-34-12-4-13-35-61)79-52-63(53-80(97)88(79)91)94(60-32-10-3-11-33-60)77-48-26-41-67-66-39-17-24-49-84(66)100-90(67)77/h1-57H. The molecule has 466 valence electrons. The monoisotopic (exact) mass is 1310 g/mol. The molecule has 10 heteroatoms. The summed E-state index contributed by atoms with van der Waals surface area (Å²) in [5, 5.41) is 4.96. The number of thiophene rings is 2. The van der Waals surface area contributed by atoms with Crippen LogP contribution < -0.4 is 62.0 Å². The Kier molecular flexibility index (Phi) is 12.9. The molecule has 4 aliphatic heterocycles. The van der Waals surface area contributed by atoms with E-state index in [0.717, 1.165) is 119 Å². The molecule has 4 aliphatic rings. The number of hydrogen-bond donors (Lipinski definition) is 0. The number of fused-ring (bicyclic) bond motifs is 14. The zero-order valence-corrected chi connectivity index (χ0v) is 55.7. The number of ether oxygens (including phenoxy) is 1. The van der Waals surface area contributed by atoms with Crippen molar-refractivity contribution >= 4 is 195 Å². The Balaban J connectivity index is 0.860. The third-order valence-electron chi connectivity index (χ3n) is 20.8. The van der Waals surface area contributed by atoms with E-state index < -0.39 is 0 Å². The summed E-state index contributed by atoms with van der Waals surface area (Å²) in [6, 6.07) is 128. The topological polar surface area (TPSA) is 25.4 Å². The van der Waals surface area contributed by atoms with Crippen molar-refractivity contribution in [3.63, 3.8) is 0 Å². The molecule has 0 unspecified atom stereocenters. The van der Waals surface area contributed by atoms with E-state index in [2.05, 4.69) is 370 Å². The van der Waals surface area contributed by atoms with Crippen LogP contribution in [0.5, 0.6) is 11.5 Å². The van der Waals surface area contributed by atoms with Gasteiger partial charge in [-0.25, -0.2) is 0 Å². The summed E-state index contributed by atoms with van der Waals surface area (Å²) in [6.45, 7) is -0.437. The van der Waals surface area contributed by atoms with Crippen LogP contribution in [0.2, 0.25) is 0 Å². The van der Waals surface area contributed by atoms with Gasteiger partial charge in [-0.2, -0.15) is 0 Å².